The van der Waals surface area contributed by atoms with Gasteiger partial charge in [-0.3, -0.25) is 0 Å². The first kappa shape index (κ1) is 12.0. The molecule has 0 saturated heterocycles. The van der Waals surface area contributed by atoms with Gasteiger partial charge in [0.1, 0.15) is 0 Å². The van der Waals surface area contributed by atoms with Gasteiger partial charge >= 0.3 is 0 Å². The summed E-state index contributed by atoms with van der Waals surface area (Å²) in [5, 5.41) is 10.7. The lowest BCUT2D eigenvalue weighted by atomic mass is 10.1. The van der Waals surface area contributed by atoms with Crippen LogP contribution >= 0.6 is 23.2 Å². The molecule has 0 aliphatic carbocycles. The molecule has 1 aromatic heterocycles. The summed E-state index contributed by atoms with van der Waals surface area (Å²) in [4.78, 5) is 3.95. The Bertz CT molecular complexity index is 525. The lowest BCUT2D eigenvalue weighted by Gasteiger charge is -2.14. The Balaban J connectivity index is 2.17. The average Bonchev–Trinajstić information content (AvgIpc) is 2.63. The van der Waals surface area contributed by atoms with E-state index in [0.717, 1.165) is 5.56 Å². The molecule has 1 unspecified atom stereocenters. The number of aromatic amines is 1. The van der Waals surface area contributed by atoms with E-state index in [0.29, 0.717) is 16.0 Å². The zero-order chi connectivity index (χ0) is 12.4. The van der Waals surface area contributed by atoms with Crippen LogP contribution < -0.4 is 11.1 Å². The molecule has 1 aromatic carbocycles. The molecule has 1 heterocycles. The Morgan fingerprint density at radius 2 is 2.18 bits per heavy atom. The largest absolute Gasteiger partial charge is 0.368 e. The maximum absolute atomic E-state index is 6.10. The van der Waals surface area contributed by atoms with Gasteiger partial charge in [0.2, 0.25) is 11.9 Å². The van der Waals surface area contributed by atoms with Crippen LogP contribution in [0.15, 0.2) is 18.2 Å². The van der Waals surface area contributed by atoms with Crippen molar-refractivity contribution in [1.29, 1.82) is 0 Å². The number of aromatic nitrogens is 3. The topological polar surface area (TPSA) is 79.6 Å². The van der Waals surface area contributed by atoms with Gasteiger partial charge in [0.05, 0.1) is 6.04 Å². The number of anilines is 2. The first-order valence-corrected chi connectivity index (χ1v) is 5.71. The van der Waals surface area contributed by atoms with Gasteiger partial charge in [-0.1, -0.05) is 29.3 Å². The number of nitrogens with one attached hydrogen (secondary N) is 2. The third-order valence-electron chi connectivity index (χ3n) is 2.28. The van der Waals surface area contributed by atoms with Crippen LogP contribution in [0.3, 0.4) is 0 Å². The van der Waals surface area contributed by atoms with E-state index in [9.17, 15) is 0 Å². The minimum Gasteiger partial charge on any atom is -0.368 e. The molecule has 5 nitrogen and oxygen atoms in total. The van der Waals surface area contributed by atoms with Crippen LogP contribution in [-0.4, -0.2) is 15.2 Å². The zero-order valence-corrected chi connectivity index (χ0v) is 10.5. The second-order valence-electron chi connectivity index (χ2n) is 3.58. The van der Waals surface area contributed by atoms with E-state index < -0.39 is 0 Å². The molecular formula is C10H11Cl2N5. The predicted octanol–water partition coefficient (Wildman–Crippen LogP) is 2.87. The Morgan fingerprint density at radius 1 is 1.41 bits per heavy atom. The molecule has 0 aliphatic heterocycles. The summed E-state index contributed by atoms with van der Waals surface area (Å²) in [7, 11) is 0. The highest BCUT2D eigenvalue weighted by Gasteiger charge is 2.11. The summed E-state index contributed by atoms with van der Waals surface area (Å²) < 4.78 is 0. The SMILES string of the molecule is CC(Nc1n[nH]c(N)n1)c1ccc(Cl)cc1Cl. The lowest BCUT2D eigenvalue weighted by Crippen LogP contribution is -2.08. The van der Waals surface area contributed by atoms with Crippen LogP contribution in [0.1, 0.15) is 18.5 Å². The van der Waals surface area contributed by atoms with Gasteiger partial charge in [0.25, 0.3) is 0 Å². The van der Waals surface area contributed by atoms with Crippen LogP contribution in [0, 0.1) is 0 Å². The summed E-state index contributed by atoms with van der Waals surface area (Å²) in [5.41, 5.74) is 6.35. The van der Waals surface area contributed by atoms with Crippen molar-refractivity contribution in [2.75, 3.05) is 11.1 Å². The number of nitrogen functional groups attached to an aromatic ring is 1. The standard InChI is InChI=1S/C10H11Cl2N5/c1-5(14-10-15-9(13)16-17-10)7-3-2-6(11)4-8(7)12/h2-5H,1H3,(H4,13,14,15,16,17). The summed E-state index contributed by atoms with van der Waals surface area (Å²) in [5.74, 6) is 0.697. The molecule has 0 spiro atoms. The summed E-state index contributed by atoms with van der Waals surface area (Å²) >= 11 is 11.9. The van der Waals surface area contributed by atoms with E-state index >= 15 is 0 Å². The molecule has 17 heavy (non-hydrogen) atoms. The zero-order valence-electron chi connectivity index (χ0n) is 9.04. The molecule has 0 saturated carbocycles. The smallest absolute Gasteiger partial charge is 0.244 e. The van der Waals surface area contributed by atoms with Crippen molar-refractivity contribution in [3.8, 4) is 0 Å². The van der Waals surface area contributed by atoms with Gasteiger partial charge in [-0.25, -0.2) is 5.10 Å². The minimum absolute atomic E-state index is 0.0463. The Kier molecular flexibility index (Phi) is 3.40. The van der Waals surface area contributed by atoms with E-state index in [-0.39, 0.29) is 12.0 Å². The van der Waals surface area contributed by atoms with Gasteiger partial charge in [-0.05, 0) is 24.6 Å². The Morgan fingerprint density at radius 3 is 2.76 bits per heavy atom. The van der Waals surface area contributed by atoms with E-state index in [4.69, 9.17) is 28.9 Å². The number of hydrogen-bond donors (Lipinski definition) is 3. The highest BCUT2D eigenvalue weighted by atomic mass is 35.5. The fraction of sp³-hybridized carbons (Fsp3) is 0.200. The number of nitrogens with two attached hydrogens (primary N) is 1. The highest BCUT2D eigenvalue weighted by Crippen LogP contribution is 2.27. The molecule has 7 heteroatoms. The number of halogens is 2. The average molecular weight is 272 g/mol. The van der Waals surface area contributed by atoms with Gasteiger partial charge in [-0.2, -0.15) is 4.98 Å². The van der Waals surface area contributed by atoms with Crippen molar-refractivity contribution in [2.24, 2.45) is 0 Å². The van der Waals surface area contributed by atoms with Crippen molar-refractivity contribution in [2.45, 2.75) is 13.0 Å². The lowest BCUT2D eigenvalue weighted by molar-refractivity contribution is 0.863. The molecule has 0 amide bonds. The van der Waals surface area contributed by atoms with Gasteiger partial charge in [0, 0.05) is 10.0 Å². The van der Waals surface area contributed by atoms with Crippen LogP contribution in [0.4, 0.5) is 11.9 Å². The number of hydrogen-bond acceptors (Lipinski definition) is 4. The summed E-state index contributed by atoms with van der Waals surface area (Å²) in [6.07, 6.45) is 0. The third kappa shape index (κ3) is 2.81. The van der Waals surface area contributed by atoms with Gasteiger partial charge in [0.15, 0.2) is 0 Å². The summed E-state index contributed by atoms with van der Waals surface area (Å²) in [6, 6.07) is 5.30. The molecule has 0 aliphatic rings. The van der Waals surface area contributed by atoms with E-state index in [1.165, 1.54) is 0 Å². The fourth-order valence-electron chi connectivity index (χ4n) is 1.46. The normalized spacial score (nSPS) is 12.4. The molecule has 2 aromatic rings. The number of benzene rings is 1. The van der Waals surface area contributed by atoms with Gasteiger partial charge < -0.3 is 11.1 Å². The third-order valence-corrected chi connectivity index (χ3v) is 2.84. The van der Waals surface area contributed by atoms with Crippen molar-refractivity contribution in [3.05, 3.63) is 33.8 Å². The summed E-state index contributed by atoms with van der Waals surface area (Å²) in [6.45, 7) is 1.95. The molecule has 0 fully saturated rings. The predicted molar refractivity (Wildman–Crippen MR) is 69.3 cm³/mol. The number of H-pyrrole nitrogens is 1. The molecule has 4 N–H and O–H groups in total. The monoisotopic (exact) mass is 271 g/mol. The van der Waals surface area contributed by atoms with Crippen LogP contribution in [0.25, 0.3) is 0 Å². The first-order chi connectivity index (χ1) is 8.06. The Labute approximate surface area is 108 Å². The van der Waals surface area contributed by atoms with Crippen LogP contribution in [-0.2, 0) is 0 Å². The molecule has 2 rings (SSSR count). The minimum atomic E-state index is -0.0463. The fourth-order valence-corrected chi connectivity index (χ4v) is 2.04. The molecule has 0 bridgehead atoms. The van der Waals surface area contributed by atoms with E-state index in [2.05, 4.69) is 20.5 Å². The van der Waals surface area contributed by atoms with Crippen molar-refractivity contribution in [3.63, 3.8) is 0 Å². The van der Waals surface area contributed by atoms with Crippen LogP contribution in [0.2, 0.25) is 10.0 Å². The molecule has 0 radical (unpaired) electrons. The van der Waals surface area contributed by atoms with Gasteiger partial charge in [-0.15, -0.1) is 5.10 Å². The maximum atomic E-state index is 6.10. The Hall–Kier alpha value is -1.46. The number of rotatable bonds is 3. The van der Waals surface area contributed by atoms with Crippen molar-refractivity contribution >= 4 is 35.1 Å². The van der Waals surface area contributed by atoms with Crippen LogP contribution in [0.5, 0.6) is 0 Å². The first-order valence-electron chi connectivity index (χ1n) is 4.95. The van der Waals surface area contributed by atoms with E-state index in [1.807, 2.05) is 13.0 Å². The van der Waals surface area contributed by atoms with Crippen molar-refractivity contribution < 1.29 is 0 Å². The molecule has 1 atom stereocenters. The molecule has 90 valence electrons. The second-order valence-corrected chi connectivity index (χ2v) is 4.42. The quantitative estimate of drug-likeness (QED) is 0.802. The number of nitrogens with zero attached hydrogens (tertiary/aromatic N) is 2. The highest BCUT2D eigenvalue weighted by molar-refractivity contribution is 6.35. The second kappa shape index (κ2) is 4.81. The van der Waals surface area contributed by atoms with E-state index in [1.54, 1.807) is 12.1 Å². The van der Waals surface area contributed by atoms with Crippen molar-refractivity contribution in [1.82, 2.24) is 15.2 Å². The molecular weight excluding hydrogens is 261 g/mol. The maximum Gasteiger partial charge on any atom is 0.244 e.